The summed E-state index contributed by atoms with van der Waals surface area (Å²) in [6, 6.07) is 7.61. The molecule has 0 saturated heterocycles. The smallest absolute Gasteiger partial charge is 0.243 e. The number of carbonyl (C=O) groups is 2. The molecule has 5 atom stereocenters. The Morgan fingerprint density at radius 3 is 2.10 bits per heavy atom. The van der Waals surface area contributed by atoms with Gasteiger partial charge in [0.05, 0.1) is 25.4 Å². The van der Waals surface area contributed by atoms with Crippen molar-refractivity contribution in [2.24, 2.45) is 17.8 Å². The second-order valence-electron chi connectivity index (χ2n) is 10.6. The molecule has 4 N–H and O–H groups in total. The lowest BCUT2D eigenvalue weighted by Gasteiger charge is -2.30. The molecule has 2 aromatic rings. The molecule has 10 heteroatoms. The molecule has 40 heavy (non-hydrogen) atoms. The maximum Gasteiger partial charge on any atom is 0.243 e. The van der Waals surface area contributed by atoms with Crippen molar-refractivity contribution in [3.8, 4) is 0 Å². The average Bonchev–Trinajstić information content (AvgIpc) is 2.90. The Balaban J connectivity index is 2.00. The lowest BCUT2D eigenvalue weighted by Crippen LogP contribution is -2.53. The first-order valence-corrected chi connectivity index (χ1v) is 13.7. The van der Waals surface area contributed by atoms with E-state index in [0.29, 0.717) is 12.0 Å². The highest BCUT2D eigenvalue weighted by molar-refractivity contribution is 5.88. The van der Waals surface area contributed by atoms with Gasteiger partial charge in [-0.25, -0.2) is 13.2 Å². The quantitative estimate of drug-likeness (QED) is 0.246. The fraction of sp³-hybridized carbons (Fsp3) is 0.533. The number of aliphatic hydroxyl groups is 1. The SMILES string of the molecule is CC[C@H](C)[C@H](NC(=O)[C@@H](C[C@H](O)[C@H](COCc1cc(F)cc(F)c1)NC)C(C)C)C(=O)NCc1ccc(F)cc1. The highest BCUT2D eigenvalue weighted by Crippen LogP contribution is 2.21. The largest absolute Gasteiger partial charge is 0.391 e. The van der Waals surface area contributed by atoms with Gasteiger partial charge in [0.25, 0.3) is 0 Å². The fourth-order valence-corrected chi connectivity index (χ4v) is 4.35. The first-order chi connectivity index (χ1) is 18.9. The van der Waals surface area contributed by atoms with E-state index in [1.807, 2.05) is 27.7 Å². The number of nitrogens with one attached hydrogen (secondary N) is 3. The summed E-state index contributed by atoms with van der Waals surface area (Å²) < 4.78 is 45.6. The Bertz CT molecular complexity index is 1060. The van der Waals surface area contributed by atoms with E-state index in [2.05, 4.69) is 16.0 Å². The van der Waals surface area contributed by atoms with E-state index in [-0.39, 0.29) is 55.6 Å². The summed E-state index contributed by atoms with van der Waals surface area (Å²) in [7, 11) is 1.65. The molecule has 0 aromatic heterocycles. The Morgan fingerprint density at radius 1 is 0.925 bits per heavy atom. The lowest BCUT2D eigenvalue weighted by atomic mass is 9.86. The number of carbonyl (C=O) groups excluding carboxylic acids is 2. The number of benzene rings is 2. The molecule has 0 radical (unpaired) electrons. The van der Waals surface area contributed by atoms with Crippen molar-refractivity contribution in [3.05, 3.63) is 71.0 Å². The van der Waals surface area contributed by atoms with Gasteiger partial charge in [-0.2, -0.15) is 0 Å². The molecule has 7 nitrogen and oxygen atoms in total. The minimum atomic E-state index is -0.971. The van der Waals surface area contributed by atoms with Crippen LogP contribution < -0.4 is 16.0 Å². The van der Waals surface area contributed by atoms with Gasteiger partial charge in [-0.15, -0.1) is 0 Å². The highest BCUT2D eigenvalue weighted by Gasteiger charge is 2.33. The second kappa shape index (κ2) is 16.3. The molecular weight excluding hydrogens is 523 g/mol. The summed E-state index contributed by atoms with van der Waals surface area (Å²) in [5, 5.41) is 19.6. The van der Waals surface area contributed by atoms with Crippen LogP contribution >= 0.6 is 0 Å². The van der Waals surface area contributed by atoms with Crippen LogP contribution in [-0.4, -0.2) is 48.8 Å². The molecule has 2 aromatic carbocycles. The van der Waals surface area contributed by atoms with E-state index in [1.165, 1.54) is 24.3 Å². The predicted octanol–water partition coefficient (Wildman–Crippen LogP) is 4.08. The molecule has 0 fully saturated rings. The minimum absolute atomic E-state index is 0.0444. The monoisotopic (exact) mass is 565 g/mol. The molecule has 0 unspecified atom stereocenters. The van der Waals surface area contributed by atoms with E-state index in [0.717, 1.165) is 11.6 Å². The van der Waals surface area contributed by atoms with Crippen LogP contribution in [0.5, 0.6) is 0 Å². The Labute approximate surface area is 234 Å². The third-order valence-electron chi connectivity index (χ3n) is 7.13. The number of aliphatic hydroxyl groups excluding tert-OH is 1. The molecule has 222 valence electrons. The molecule has 0 heterocycles. The topological polar surface area (TPSA) is 99.7 Å². The van der Waals surface area contributed by atoms with Crippen LogP contribution in [0, 0.1) is 35.2 Å². The normalized spacial score (nSPS) is 15.2. The van der Waals surface area contributed by atoms with Crippen molar-refractivity contribution in [3.63, 3.8) is 0 Å². The summed E-state index contributed by atoms with van der Waals surface area (Å²) in [6.45, 7) is 7.73. The first-order valence-electron chi connectivity index (χ1n) is 13.7. The van der Waals surface area contributed by atoms with Gasteiger partial charge in [0.2, 0.25) is 11.8 Å². The van der Waals surface area contributed by atoms with Crippen molar-refractivity contribution < 1.29 is 32.6 Å². The molecule has 0 saturated carbocycles. The van der Waals surface area contributed by atoms with Gasteiger partial charge in [-0.1, -0.05) is 46.2 Å². The zero-order chi connectivity index (χ0) is 29.8. The Kier molecular flexibility index (Phi) is 13.6. The molecule has 0 bridgehead atoms. The maximum absolute atomic E-state index is 13.4. The third kappa shape index (κ3) is 10.6. The summed E-state index contributed by atoms with van der Waals surface area (Å²) in [5.41, 5.74) is 1.06. The third-order valence-corrected chi connectivity index (χ3v) is 7.13. The van der Waals surface area contributed by atoms with Gasteiger partial charge in [-0.05, 0) is 60.7 Å². The van der Waals surface area contributed by atoms with Gasteiger partial charge in [0.1, 0.15) is 23.5 Å². The standard InChI is InChI=1S/C30H42F3N3O4/c1-6-19(4)28(30(39)35-15-20-7-9-22(31)10-8-20)36-29(38)25(18(2)3)14-27(37)26(34-5)17-40-16-21-11-23(32)13-24(33)12-21/h7-13,18-19,25-28,34,37H,6,14-17H2,1-5H3,(H,35,39)(H,36,38)/t19-,25-,26-,27-,28-/m0/s1. The van der Waals surface area contributed by atoms with Crippen LogP contribution in [0.1, 0.15) is 51.7 Å². The summed E-state index contributed by atoms with van der Waals surface area (Å²) in [4.78, 5) is 26.4. The van der Waals surface area contributed by atoms with Crippen LogP contribution in [-0.2, 0) is 27.5 Å². The molecule has 0 spiro atoms. The van der Waals surface area contributed by atoms with Crippen LogP contribution in [0.15, 0.2) is 42.5 Å². The summed E-state index contributed by atoms with van der Waals surface area (Å²) in [5.74, 6) is -3.34. The van der Waals surface area contributed by atoms with Gasteiger partial charge < -0.3 is 25.8 Å². The van der Waals surface area contributed by atoms with Crippen molar-refractivity contribution in [1.29, 1.82) is 0 Å². The van der Waals surface area contributed by atoms with E-state index in [4.69, 9.17) is 4.74 Å². The van der Waals surface area contributed by atoms with Crippen LogP contribution in [0.25, 0.3) is 0 Å². The zero-order valence-electron chi connectivity index (χ0n) is 23.8. The second-order valence-corrected chi connectivity index (χ2v) is 10.6. The summed E-state index contributed by atoms with van der Waals surface area (Å²) in [6.07, 6.45) is -0.211. The first kappa shape index (κ1) is 33.3. The highest BCUT2D eigenvalue weighted by atomic mass is 19.1. The van der Waals surface area contributed by atoms with E-state index in [9.17, 15) is 27.9 Å². The predicted molar refractivity (Wildman–Crippen MR) is 147 cm³/mol. The van der Waals surface area contributed by atoms with Crippen molar-refractivity contribution in [1.82, 2.24) is 16.0 Å². The Hall–Kier alpha value is -2.95. The number of halogens is 3. The molecule has 0 aliphatic heterocycles. The number of amides is 2. The number of hydrogen-bond donors (Lipinski definition) is 4. The number of ether oxygens (including phenoxy) is 1. The van der Waals surface area contributed by atoms with E-state index in [1.54, 1.807) is 19.2 Å². The van der Waals surface area contributed by atoms with Crippen LogP contribution in [0.3, 0.4) is 0 Å². The van der Waals surface area contributed by atoms with Gasteiger partial charge in [0.15, 0.2) is 0 Å². The molecule has 0 aliphatic carbocycles. The number of hydrogen-bond acceptors (Lipinski definition) is 5. The molecule has 0 aliphatic rings. The maximum atomic E-state index is 13.4. The minimum Gasteiger partial charge on any atom is -0.391 e. The zero-order valence-corrected chi connectivity index (χ0v) is 23.8. The average molecular weight is 566 g/mol. The number of likely N-dealkylation sites (N-methyl/N-ethyl adjacent to an activating group) is 1. The summed E-state index contributed by atoms with van der Waals surface area (Å²) >= 11 is 0. The van der Waals surface area contributed by atoms with Gasteiger partial charge >= 0.3 is 0 Å². The van der Waals surface area contributed by atoms with Crippen LogP contribution in [0.4, 0.5) is 13.2 Å². The van der Waals surface area contributed by atoms with E-state index >= 15 is 0 Å². The Morgan fingerprint density at radius 2 is 1.55 bits per heavy atom. The van der Waals surface area contributed by atoms with E-state index < -0.39 is 35.7 Å². The molecular formula is C30H42F3N3O4. The number of rotatable bonds is 16. The van der Waals surface area contributed by atoms with Gasteiger partial charge in [0, 0.05) is 18.5 Å². The molecule has 2 rings (SSSR count). The van der Waals surface area contributed by atoms with Crippen LogP contribution in [0.2, 0.25) is 0 Å². The van der Waals surface area contributed by atoms with Crippen molar-refractivity contribution in [2.75, 3.05) is 13.7 Å². The molecule has 2 amide bonds. The fourth-order valence-electron chi connectivity index (χ4n) is 4.35. The van der Waals surface area contributed by atoms with Crippen molar-refractivity contribution >= 4 is 11.8 Å². The lowest BCUT2D eigenvalue weighted by molar-refractivity contribution is -0.134. The van der Waals surface area contributed by atoms with Crippen molar-refractivity contribution in [2.45, 2.75) is 71.9 Å². The van der Waals surface area contributed by atoms with Gasteiger partial charge in [-0.3, -0.25) is 9.59 Å².